The van der Waals surface area contributed by atoms with Crippen molar-refractivity contribution in [2.24, 2.45) is 0 Å². The second-order valence-electron chi connectivity index (χ2n) is 4.71. The molecule has 1 aromatic carbocycles. The lowest BCUT2D eigenvalue weighted by atomic mass is 9.98. The Bertz CT molecular complexity index is 470. The van der Waals surface area contributed by atoms with E-state index in [0.717, 1.165) is 17.7 Å². The van der Waals surface area contributed by atoms with E-state index < -0.39 is 0 Å². The van der Waals surface area contributed by atoms with Crippen LogP contribution in [-0.4, -0.2) is 12.9 Å². The predicted octanol–water partition coefficient (Wildman–Crippen LogP) is 4.00. The summed E-state index contributed by atoms with van der Waals surface area (Å²) in [7, 11) is 1.71. The van der Waals surface area contributed by atoms with Crippen LogP contribution in [0.3, 0.4) is 0 Å². The molecule has 0 aliphatic carbocycles. The van der Waals surface area contributed by atoms with Gasteiger partial charge in [0.1, 0.15) is 11.5 Å². The molecule has 0 atom stereocenters. The maximum Gasteiger partial charge on any atom is 0.130 e. The summed E-state index contributed by atoms with van der Waals surface area (Å²) < 4.78 is 5.40. The quantitative estimate of drug-likeness (QED) is 0.785. The van der Waals surface area contributed by atoms with Crippen molar-refractivity contribution >= 4 is 11.9 Å². The fourth-order valence-electron chi connectivity index (χ4n) is 2.07. The van der Waals surface area contributed by atoms with Crippen LogP contribution < -0.4 is 4.74 Å². The van der Waals surface area contributed by atoms with E-state index in [2.05, 4.69) is 39.0 Å². The Morgan fingerprint density at radius 1 is 1.28 bits per heavy atom. The van der Waals surface area contributed by atoms with Crippen LogP contribution in [0.2, 0.25) is 0 Å². The third-order valence-electron chi connectivity index (χ3n) is 3.23. The standard InChI is InChI=1S/C16H22O2/c1-11-10-15(9-7-6-8-12(2)17)13(3)14(4)16(11)18-5/h7,9-10H,6,8H2,1-5H3/b9-7+. The van der Waals surface area contributed by atoms with Crippen LogP contribution in [0.25, 0.3) is 6.08 Å². The van der Waals surface area contributed by atoms with E-state index in [9.17, 15) is 4.79 Å². The van der Waals surface area contributed by atoms with Gasteiger partial charge in [0, 0.05) is 6.42 Å². The van der Waals surface area contributed by atoms with E-state index in [-0.39, 0.29) is 5.78 Å². The van der Waals surface area contributed by atoms with E-state index in [1.807, 2.05) is 0 Å². The van der Waals surface area contributed by atoms with Gasteiger partial charge >= 0.3 is 0 Å². The average Bonchev–Trinajstić information content (AvgIpc) is 2.31. The van der Waals surface area contributed by atoms with Crippen molar-refractivity contribution in [3.63, 3.8) is 0 Å². The summed E-state index contributed by atoms with van der Waals surface area (Å²) in [4.78, 5) is 10.9. The summed E-state index contributed by atoms with van der Waals surface area (Å²) in [5.41, 5.74) is 4.77. The maximum absolute atomic E-state index is 10.9. The smallest absolute Gasteiger partial charge is 0.130 e. The van der Waals surface area contributed by atoms with Gasteiger partial charge in [0.25, 0.3) is 0 Å². The topological polar surface area (TPSA) is 26.3 Å². The summed E-state index contributed by atoms with van der Waals surface area (Å²) in [6.45, 7) is 7.86. The van der Waals surface area contributed by atoms with Crippen LogP contribution in [0.15, 0.2) is 12.1 Å². The van der Waals surface area contributed by atoms with Crippen molar-refractivity contribution in [1.29, 1.82) is 0 Å². The normalized spacial score (nSPS) is 10.9. The average molecular weight is 246 g/mol. The lowest BCUT2D eigenvalue weighted by Gasteiger charge is -2.13. The Morgan fingerprint density at radius 3 is 2.50 bits per heavy atom. The SMILES string of the molecule is COc1c(C)cc(/C=C/CCC(C)=O)c(C)c1C. The van der Waals surface area contributed by atoms with Crippen LogP contribution in [-0.2, 0) is 4.79 Å². The van der Waals surface area contributed by atoms with Crippen LogP contribution >= 0.6 is 0 Å². The van der Waals surface area contributed by atoms with Gasteiger partial charge in [-0.05, 0) is 62.4 Å². The summed E-state index contributed by atoms with van der Waals surface area (Å²) >= 11 is 0. The van der Waals surface area contributed by atoms with Crippen LogP contribution in [0.1, 0.15) is 42.0 Å². The van der Waals surface area contributed by atoms with Crippen molar-refractivity contribution < 1.29 is 9.53 Å². The minimum Gasteiger partial charge on any atom is -0.496 e. The second-order valence-corrected chi connectivity index (χ2v) is 4.71. The van der Waals surface area contributed by atoms with Gasteiger partial charge in [-0.15, -0.1) is 0 Å². The van der Waals surface area contributed by atoms with Gasteiger partial charge in [0.2, 0.25) is 0 Å². The van der Waals surface area contributed by atoms with Gasteiger partial charge in [0.15, 0.2) is 0 Å². The first-order valence-corrected chi connectivity index (χ1v) is 6.28. The second kappa shape index (κ2) is 6.39. The number of methoxy groups -OCH3 is 1. The molecule has 0 aliphatic rings. The van der Waals surface area contributed by atoms with Crippen molar-refractivity contribution in [1.82, 2.24) is 0 Å². The van der Waals surface area contributed by atoms with Gasteiger partial charge in [-0.2, -0.15) is 0 Å². The monoisotopic (exact) mass is 246 g/mol. The molecule has 0 N–H and O–H groups in total. The Labute approximate surface area is 110 Å². The summed E-state index contributed by atoms with van der Waals surface area (Å²) in [6, 6.07) is 2.13. The van der Waals surface area contributed by atoms with Crippen LogP contribution in [0.5, 0.6) is 5.75 Å². The molecule has 0 radical (unpaired) electrons. The first kappa shape index (κ1) is 14.5. The summed E-state index contributed by atoms with van der Waals surface area (Å²) in [6.07, 6.45) is 5.58. The maximum atomic E-state index is 10.9. The molecule has 0 unspecified atom stereocenters. The van der Waals surface area contributed by atoms with Gasteiger partial charge in [-0.25, -0.2) is 0 Å². The number of aryl methyl sites for hydroxylation is 1. The van der Waals surface area contributed by atoms with E-state index in [1.165, 1.54) is 16.7 Å². The van der Waals surface area contributed by atoms with E-state index >= 15 is 0 Å². The highest BCUT2D eigenvalue weighted by Crippen LogP contribution is 2.29. The van der Waals surface area contributed by atoms with E-state index in [0.29, 0.717) is 6.42 Å². The van der Waals surface area contributed by atoms with Gasteiger partial charge in [-0.1, -0.05) is 12.2 Å². The highest BCUT2D eigenvalue weighted by molar-refractivity contribution is 5.75. The highest BCUT2D eigenvalue weighted by Gasteiger charge is 2.08. The van der Waals surface area contributed by atoms with Gasteiger partial charge < -0.3 is 9.53 Å². The Balaban J connectivity index is 2.94. The van der Waals surface area contributed by atoms with Crippen molar-refractivity contribution in [3.05, 3.63) is 34.4 Å². The third-order valence-corrected chi connectivity index (χ3v) is 3.23. The number of carbonyl (C=O) groups is 1. The Hall–Kier alpha value is -1.57. The van der Waals surface area contributed by atoms with E-state index in [1.54, 1.807) is 14.0 Å². The molecule has 0 spiro atoms. The number of hydrogen-bond acceptors (Lipinski definition) is 2. The molecule has 2 nitrogen and oxygen atoms in total. The molecule has 0 amide bonds. The third kappa shape index (κ3) is 3.46. The summed E-state index contributed by atoms with van der Waals surface area (Å²) in [5, 5.41) is 0. The number of rotatable bonds is 5. The largest absolute Gasteiger partial charge is 0.496 e. The zero-order valence-electron chi connectivity index (χ0n) is 12.0. The number of ether oxygens (including phenoxy) is 1. The molecule has 1 rings (SSSR count). The number of Topliss-reactive ketones (excluding diaryl/α,β-unsaturated/α-hetero) is 1. The molecule has 0 aliphatic heterocycles. The van der Waals surface area contributed by atoms with Crippen LogP contribution in [0, 0.1) is 20.8 Å². The number of carbonyl (C=O) groups excluding carboxylic acids is 1. The van der Waals surface area contributed by atoms with Crippen LogP contribution in [0.4, 0.5) is 0 Å². The molecule has 2 heteroatoms. The Kier molecular flexibility index (Phi) is 5.14. The van der Waals surface area contributed by atoms with Crippen molar-refractivity contribution in [2.75, 3.05) is 7.11 Å². The molecular formula is C16H22O2. The Morgan fingerprint density at radius 2 is 1.94 bits per heavy atom. The molecule has 0 aromatic heterocycles. The molecule has 1 aromatic rings. The fourth-order valence-corrected chi connectivity index (χ4v) is 2.07. The van der Waals surface area contributed by atoms with Gasteiger partial charge in [-0.3, -0.25) is 0 Å². The van der Waals surface area contributed by atoms with Crippen molar-refractivity contribution in [2.45, 2.75) is 40.5 Å². The lowest BCUT2D eigenvalue weighted by Crippen LogP contribution is -1.96. The first-order valence-electron chi connectivity index (χ1n) is 6.28. The fraction of sp³-hybridized carbons (Fsp3) is 0.438. The minimum absolute atomic E-state index is 0.235. The number of benzene rings is 1. The highest BCUT2D eigenvalue weighted by atomic mass is 16.5. The molecule has 0 saturated carbocycles. The van der Waals surface area contributed by atoms with Crippen molar-refractivity contribution in [3.8, 4) is 5.75 Å². The molecule has 0 bridgehead atoms. The van der Waals surface area contributed by atoms with Gasteiger partial charge in [0.05, 0.1) is 7.11 Å². The molecule has 98 valence electrons. The minimum atomic E-state index is 0.235. The molecule has 18 heavy (non-hydrogen) atoms. The number of hydrogen-bond donors (Lipinski definition) is 0. The lowest BCUT2D eigenvalue weighted by molar-refractivity contribution is -0.116. The molecular weight excluding hydrogens is 224 g/mol. The molecule has 0 heterocycles. The predicted molar refractivity (Wildman–Crippen MR) is 76.2 cm³/mol. The zero-order chi connectivity index (χ0) is 13.7. The number of allylic oxidation sites excluding steroid dienone is 1. The zero-order valence-corrected chi connectivity index (χ0v) is 12.0. The summed E-state index contributed by atoms with van der Waals surface area (Å²) in [5.74, 6) is 1.20. The molecule has 0 saturated heterocycles. The molecule has 0 fully saturated rings. The van der Waals surface area contributed by atoms with E-state index in [4.69, 9.17) is 4.74 Å². The first-order chi connectivity index (χ1) is 8.47. The number of ketones is 1.